The normalized spacial score (nSPS) is 15.2. The molecule has 0 aliphatic heterocycles. The van der Waals surface area contributed by atoms with Crippen molar-refractivity contribution in [1.29, 1.82) is 0 Å². The van der Waals surface area contributed by atoms with Crippen LogP contribution in [0.25, 0.3) is 133 Å². The van der Waals surface area contributed by atoms with Gasteiger partial charge in [0, 0.05) is 48.8 Å². The summed E-state index contributed by atoms with van der Waals surface area (Å²) in [6.07, 6.45) is 0. The van der Waals surface area contributed by atoms with Crippen LogP contribution in [0.2, 0.25) is 0 Å². The van der Waals surface area contributed by atoms with Crippen molar-refractivity contribution in [3.05, 3.63) is 236 Å². The van der Waals surface area contributed by atoms with Crippen molar-refractivity contribution in [3.8, 4) is 45.8 Å². The Morgan fingerprint density at radius 1 is 0.314 bits per heavy atom. The van der Waals surface area contributed by atoms with Gasteiger partial charge in [-0.25, -0.2) is 0 Å². The van der Waals surface area contributed by atoms with Crippen molar-refractivity contribution in [2.75, 3.05) is 0 Å². The number of rotatable bonds is 6. The molecule has 326 valence electrons. The minimum Gasteiger partial charge on any atom is -0.309 e. The van der Waals surface area contributed by atoms with Crippen LogP contribution in [0.15, 0.2) is 236 Å². The molecule has 0 spiro atoms. The third-order valence-corrected chi connectivity index (χ3v) is 13.2. The van der Waals surface area contributed by atoms with Crippen LogP contribution in [-0.4, -0.2) is 33.2 Å². The maximum Gasteiger partial charge on any atom is 0.240 e. The zero-order chi connectivity index (χ0) is 59.8. The molecule has 15 rings (SSSR count). The van der Waals surface area contributed by atoms with Gasteiger partial charge in [-0.3, -0.25) is 9.13 Å². The van der Waals surface area contributed by atoms with Gasteiger partial charge in [-0.2, -0.15) is 15.0 Å². The molecule has 10 aromatic carbocycles. The number of nitrogens with zero attached hydrogens (tertiary/aromatic N) is 7. The zero-order valence-corrected chi connectivity index (χ0v) is 36.4. The van der Waals surface area contributed by atoms with Gasteiger partial charge in [-0.1, -0.05) is 170 Å². The first-order chi connectivity index (χ1) is 41.4. The Morgan fingerprint density at radius 3 is 1.27 bits per heavy atom. The molecule has 5 aromatic heterocycles. The van der Waals surface area contributed by atoms with Crippen LogP contribution >= 0.6 is 0 Å². The standard InChI is InChI=1S/C63H39N7/c1-2-19-41(20-3-1)67-51-29-11-4-27-49(51)50-38-37-40(39-59(50)67)42-28-18-36-58(68-52-30-12-5-21-43(52)44-22-6-13-31-53(44)68)60(42)61-64-62(69-54-32-14-7-23-45(54)46-24-8-15-33-55(46)69)66-63(65-61)70-56-34-16-9-25-47(56)48-26-10-17-35-57(48)70/h1-39H/i7D,8D,9D,10D,14D,15D,16D,17D,23D,24D,25D,26D,32D,33D,34D,35D. The highest BCUT2D eigenvalue weighted by Crippen LogP contribution is 2.43. The van der Waals surface area contributed by atoms with E-state index in [4.69, 9.17) is 25.9 Å². The Hall–Kier alpha value is -9.59. The smallest absolute Gasteiger partial charge is 0.240 e. The molecule has 0 bridgehead atoms. The summed E-state index contributed by atoms with van der Waals surface area (Å²) < 4.78 is 153. The molecule has 0 saturated carbocycles. The molecule has 15 aromatic rings. The molecule has 5 heterocycles. The van der Waals surface area contributed by atoms with Crippen LogP contribution in [0.3, 0.4) is 0 Å². The zero-order valence-electron chi connectivity index (χ0n) is 52.4. The summed E-state index contributed by atoms with van der Waals surface area (Å²) in [5, 5.41) is 2.60. The lowest BCUT2D eigenvalue weighted by Crippen LogP contribution is -2.11. The molecule has 0 fully saturated rings. The summed E-state index contributed by atoms with van der Waals surface area (Å²) >= 11 is 0. The van der Waals surface area contributed by atoms with E-state index < -0.39 is 109 Å². The van der Waals surface area contributed by atoms with Crippen LogP contribution in [0.4, 0.5) is 0 Å². The Morgan fingerprint density at radius 2 is 0.757 bits per heavy atom. The molecule has 7 heteroatoms. The molecule has 0 amide bonds. The first-order valence-electron chi connectivity index (χ1n) is 30.4. The van der Waals surface area contributed by atoms with Gasteiger partial charge in [0.05, 0.1) is 77.3 Å². The molecular weight excluding hydrogens is 855 g/mol. The quantitative estimate of drug-likeness (QED) is 0.167. The van der Waals surface area contributed by atoms with Crippen LogP contribution in [0, 0.1) is 0 Å². The van der Waals surface area contributed by atoms with Crippen molar-refractivity contribution in [3.63, 3.8) is 0 Å². The van der Waals surface area contributed by atoms with Crippen molar-refractivity contribution in [2.24, 2.45) is 0 Å². The number of benzene rings is 10. The number of fused-ring (bicyclic) bond motifs is 12. The molecule has 70 heavy (non-hydrogen) atoms. The van der Waals surface area contributed by atoms with E-state index in [-0.39, 0.29) is 49.4 Å². The number of para-hydroxylation sites is 8. The SMILES string of the molecule is [2H]c1c([2H])c([2H])c2c(c1[2H])c1c([2H])c([2H])c([2H])c([2H])c1n2-c1nc(-c2c(-c3ccc4c5ccccc5n(-c5ccccc5)c4c3)cccc2-n2c3ccccc3c3ccccc32)nc(-n2c3c([2H])c([2H])c([2H])c([2H])c3c3c([2H])c([2H])c([2H])c([2H])c32)n1. The fourth-order valence-corrected chi connectivity index (χ4v) is 10.3. The van der Waals surface area contributed by atoms with Gasteiger partial charge in [0.2, 0.25) is 11.9 Å². The Kier molecular flexibility index (Phi) is 5.57. The van der Waals surface area contributed by atoms with Crippen LogP contribution in [-0.2, 0) is 0 Å². The Bertz CT molecular complexity index is 5190. The average Bonchev–Trinajstić information content (AvgIpc) is 1.70. The Balaban J connectivity index is 1.18. The summed E-state index contributed by atoms with van der Waals surface area (Å²) in [6, 6.07) is 34.6. The van der Waals surface area contributed by atoms with Gasteiger partial charge in [-0.15, -0.1) is 0 Å². The minimum absolute atomic E-state index is 0.186. The molecule has 0 aliphatic rings. The lowest BCUT2D eigenvalue weighted by molar-refractivity contribution is 0.892. The summed E-state index contributed by atoms with van der Waals surface area (Å²) in [7, 11) is 0. The second-order valence-corrected chi connectivity index (χ2v) is 16.8. The maximum atomic E-state index is 9.55. The summed E-state index contributed by atoms with van der Waals surface area (Å²) in [4.78, 5) is 15.6. The van der Waals surface area contributed by atoms with Gasteiger partial charge in [-0.05, 0) is 77.8 Å². The van der Waals surface area contributed by atoms with Crippen molar-refractivity contribution in [2.45, 2.75) is 0 Å². The molecule has 0 unspecified atom stereocenters. The first-order valence-corrected chi connectivity index (χ1v) is 22.4. The average molecular weight is 910 g/mol. The van der Waals surface area contributed by atoms with E-state index in [9.17, 15) is 11.0 Å². The van der Waals surface area contributed by atoms with E-state index >= 15 is 0 Å². The summed E-state index contributed by atoms with van der Waals surface area (Å²) in [5.74, 6) is -1.19. The highest BCUT2D eigenvalue weighted by atomic mass is 15.3. The molecule has 0 saturated heterocycles. The van der Waals surface area contributed by atoms with E-state index in [1.165, 1.54) is 0 Å². The lowest BCUT2D eigenvalue weighted by atomic mass is 9.96. The van der Waals surface area contributed by atoms with Gasteiger partial charge in [0.15, 0.2) is 5.82 Å². The molecule has 7 nitrogen and oxygen atoms in total. The third kappa shape index (κ3) is 5.54. The third-order valence-electron chi connectivity index (χ3n) is 13.2. The minimum atomic E-state index is -0.715. The van der Waals surface area contributed by atoms with E-state index in [0.717, 1.165) is 58.4 Å². The molecule has 0 radical (unpaired) electrons. The maximum absolute atomic E-state index is 9.55. The van der Waals surface area contributed by atoms with E-state index in [1.54, 1.807) is 0 Å². The van der Waals surface area contributed by atoms with E-state index in [0.29, 0.717) is 22.4 Å². The van der Waals surface area contributed by atoms with Gasteiger partial charge < -0.3 is 9.13 Å². The predicted octanol–water partition coefficient (Wildman–Crippen LogP) is 15.6. The summed E-state index contributed by atoms with van der Waals surface area (Å²) in [5.41, 5.74) is 4.80. The fourth-order valence-electron chi connectivity index (χ4n) is 10.3. The Labute approximate surface area is 423 Å². The number of aromatic nitrogens is 7. The monoisotopic (exact) mass is 909 g/mol. The lowest BCUT2D eigenvalue weighted by Gasteiger charge is -2.19. The van der Waals surface area contributed by atoms with Crippen LogP contribution in [0.1, 0.15) is 21.9 Å². The largest absolute Gasteiger partial charge is 0.309 e. The van der Waals surface area contributed by atoms with Crippen LogP contribution < -0.4 is 0 Å². The van der Waals surface area contributed by atoms with Crippen LogP contribution in [0.5, 0.6) is 0 Å². The molecule has 0 aliphatic carbocycles. The number of hydrogen-bond acceptors (Lipinski definition) is 3. The van der Waals surface area contributed by atoms with Crippen molar-refractivity contribution >= 4 is 87.2 Å². The van der Waals surface area contributed by atoms with E-state index in [2.05, 4.69) is 22.8 Å². The van der Waals surface area contributed by atoms with Crippen molar-refractivity contribution < 1.29 is 21.9 Å². The fraction of sp³-hybridized carbons (Fsp3) is 0. The van der Waals surface area contributed by atoms with Crippen molar-refractivity contribution in [1.82, 2.24) is 33.2 Å². The second-order valence-electron chi connectivity index (χ2n) is 16.8. The predicted molar refractivity (Wildman–Crippen MR) is 288 cm³/mol. The molecule has 0 N–H and O–H groups in total. The molecular formula is C63H39N7. The van der Waals surface area contributed by atoms with Gasteiger partial charge in [0.25, 0.3) is 0 Å². The topological polar surface area (TPSA) is 58.4 Å². The highest BCUT2D eigenvalue weighted by molar-refractivity contribution is 6.13. The highest BCUT2D eigenvalue weighted by Gasteiger charge is 2.26. The number of hydrogen-bond donors (Lipinski definition) is 0. The molecule has 0 atom stereocenters. The second kappa shape index (κ2) is 15.0. The summed E-state index contributed by atoms with van der Waals surface area (Å²) in [6.45, 7) is 0. The van der Waals surface area contributed by atoms with E-state index in [1.807, 2.05) is 126 Å². The van der Waals surface area contributed by atoms with Gasteiger partial charge in [0.1, 0.15) is 0 Å². The van der Waals surface area contributed by atoms with Gasteiger partial charge >= 0.3 is 0 Å². The first kappa shape index (κ1) is 26.1.